The number of carbonyl (C=O) groups is 4. The SMILES string of the molecule is CC1CC2C3CC(F)C4=CC(=O)C=CC4(C)C3(F)C(=O)CC2(C)C1(OC(=O)c1ccco1)C(=O)SCF. The Morgan fingerprint density at radius 3 is 2.59 bits per heavy atom. The Morgan fingerprint density at radius 1 is 1.22 bits per heavy atom. The number of carbonyl (C=O) groups excluding carboxylic acids is 4. The van der Waals surface area contributed by atoms with Crippen molar-refractivity contribution in [3.63, 3.8) is 0 Å². The lowest BCUT2D eigenvalue weighted by atomic mass is 9.45. The van der Waals surface area contributed by atoms with Crippen molar-refractivity contribution in [2.45, 2.75) is 57.5 Å². The smallest absolute Gasteiger partial charge is 0.375 e. The van der Waals surface area contributed by atoms with Crippen molar-refractivity contribution in [3.8, 4) is 0 Å². The average Bonchev–Trinajstić information content (AvgIpc) is 3.45. The molecular formula is C27H27F3O6S. The minimum atomic E-state index is -2.54. The molecule has 1 heterocycles. The van der Waals surface area contributed by atoms with Crippen LogP contribution in [0.2, 0.25) is 0 Å². The Labute approximate surface area is 216 Å². The summed E-state index contributed by atoms with van der Waals surface area (Å²) in [5.41, 5.74) is -7.70. The summed E-state index contributed by atoms with van der Waals surface area (Å²) in [4.78, 5) is 52.4. The summed E-state index contributed by atoms with van der Waals surface area (Å²) in [5, 5.41) is -0.783. The summed E-state index contributed by atoms with van der Waals surface area (Å²) in [5.74, 6) is -5.12. The van der Waals surface area contributed by atoms with E-state index in [0.29, 0.717) is 11.8 Å². The van der Waals surface area contributed by atoms with Gasteiger partial charge in [0.2, 0.25) is 10.9 Å². The van der Waals surface area contributed by atoms with Crippen LogP contribution in [0.15, 0.2) is 46.6 Å². The number of hydrogen-bond donors (Lipinski definition) is 0. The third-order valence-corrected chi connectivity index (χ3v) is 10.1. The third kappa shape index (κ3) is 3.20. The maximum Gasteiger partial charge on any atom is 0.375 e. The molecule has 0 radical (unpaired) electrons. The van der Waals surface area contributed by atoms with Gasteiger partial charge in [-0.2, -0.15) is 0 Å². The predicted molar refractivity (Wildman–Crippen MR) is 128 cm³/mol. The zero-order valence-electron chi connectivity index (χ0n) is 20.6. The largest absolute Gasteiger partial charge is 0.457 e. The maximum atomic E-state index is 17.3. The van der Waals surface area contributed by atoms with Crippen LogP contribution in [0.3, 0.4) is 0 Å². The molecule has 0 amide bonds. The fraction of sp³-hybridized carbons (Fsp3) is 0.556. The number of hydrogen-bond acceptors (Lipinski definition) is 7. The van der Waals surface area contributed by atoms with Gasteiger partial charge in [-0.15, -0.1) is 0 Å². The molecule has 8 atom stereocenters. The van der Waals surface area contributed by atoms with Gasteiger partial charge in [0.05, 0.1) is 11.7 Å². The van der Waals surface area contributed by atoms with Crippen molar-refractivity contribution in [1.29, 1.82) is 0 Å². The van der Waals surface area contributed by atoms with Crippen LogP contribution >= 0.6 is 11.8 Å². The molecule has 0 aliphatic heterocycles. The van der Waals surface area contributed by atoms with Gasteiger partial charge in [-0.1, -0.05) is 19.9 Å². The fourth-order valence-electron chi connectivity index (χ4n) is 7.70. The van der Waals surface area contributed by atoms with E-state index in [-0.39, 0.29) is 24.2 Å². The van der Waals surface area contributed by atoms with Crippen LogP contribution in [-0.2, 0) is 19.1 Å². The van der Waals surface area contributed by atoms with Gasteiger partial charge in [0.15, 0.2) is 22.8 Å². The molecule has 4 aliphatic carbocycles. The number of halogens is 3. The highest BCUT2D eigenvalue weighted by atomic mass is 32.2. The number of rotatable bonds is 4. The van der Waals surface area contributed by atoms with E-state index in [2.05, 4.69) is 0 Å². The molecule has 0 saturated heterocycles. The lowest BCUT2D eigenvalue weighted by Crippen LogP contribution is -2.69. The molecule has 198 valence electrons. The first-order valence-electron chi connectivity index (χ1n) is 12.2. The first-order chi connectivity index (χ1) is 17.4. The van der Waals surface area contributed by atoms with E-state index in [1.165, 1.54) is 31.4 Å². The number of ketones is 2. The zero-order valence-corrected chi connectivity index (χ0v) is 21.4. The second-order valence-corrected chi connectivity index (χ2v) is 11.8. The van der Waals surface area contributed by atoms with Gasteiger partial charge < -0.3 is 9.15 Å². The molecule has 6 nitrogen and oxygen atoms in total. The predicted octanol–water partition coefficient (Wildman–Crippen LogP) is 5.14. The summed E-state index contributed by atoms with van der Waals surface area (Å²) < 4.78 is 57.3. The van der Waals surface area contributed by atoms with Crippen molar-refractivity contribution < 1.29 is 41.5 Å². The van der Waals surface area contributed by atoms with Crippen molar-refractivity contribution in [1.82, 2.24) is 0 Å². The number of fused-ring (bicyclic) bond motifs is 5. The van der Waals surface area contributed by atoms with Crippen LogP contribution < -0.4 is 0 Å². The fourth-order valence-corrected chi connectivity index (χ4v) is 8.49. The summed E-state index contributed by atoms with van der Waals surface area (Å²) in [6.45, 7) is 4.64. The van der Waals surface area contributed by atoms with Crippen LogP contribution in [0.5, 0.6) is 0 Å². The van der Waals surface area contributed by atoms with Crippen molar-refractivity contribution in [2.75, 3.05) is 6.01 Å². The molecule has 3 fully saturated rings. The number of alkyl halides is 3. The summed E-state index contributed by atoms with van der Waals surface area (Å²) in [7, 11) is 0. The summed E-state index contributed by atoms with van der Waals surface area (Å²) in [6.07, 6.45) is 2.35. The average molecular weight is 537 g/mol. The van der Waals surface area contributed by atoms with E-state index in [9.17, 15) is 23.6 Å². The van der Waals surface area contributed by atoms with Gasteiger partial charge in [0.25, 0.3) is 0 Å². The van der Waals surface area contributed by atoms with Gasteiger partial charge in [-0.25, -0.2) is 18.0 Å². The van der Waals surface area contributed by atoms with E-state index in [1.54, 1.807) is 13.8 Å². The highest BCUT2D eigenvalue weighted by Crippen LogP contribution is 2.71. The summed E-state index contributed by atoms with van der Waals surface area (Å²) >= 11 is 0.322. The maximum absolute atomic E-state index is 17.3. The molecule has 5 rings (SSSR count). The lowest BCUT2D eigenvalue weighted by molar-refractivity contribution is -0.186. The Morgan fingerprint density at radius 2 is 1.95 bits per heavy atom. The molecule has 1 aromatic heterocycles. The van der Waals surface area contributed by atoms with E-state index < -0.39 is 81.1 Å². The van der Waals surface area contributed by atoms with Gasteiger partial charge in [-0.05, 0) is 67.3 Å². The monoisotopic (exact) mass is 536 g/mol. The first-order valence-corrected chi connectivity index (χ1v) is 13.2. The third-order valence-electron chi connectivity index (χ3n) is 9.40. The van der Waals surface area contributed by atoms with Crippen LogP contribution in [-0.4, -0.2) is 46.1 Å². The van der Waals surface area contributed by atoms with Gasteiger partial charge in [0.1, 0.15) is 12.2 Å². The molecule has 0 N–H and O–H groups in total. The molecule has 0 aromatic carbocycles. The topological polar surface area (TPSA) is 90.7 Å². The zero-order chi connectivity index (χ0) is 27.0. The molecule has 1 aromatic rings. The quantitative estimate of drug-likeness (QED) is 0.493. The molecule has 0 bridgehead atoms. The van der Waals surface area contributed by atoms with E-state index in [0.717, 1.165) is 12.2 Å². The van der Waals surface area contributed by atoms with Crippen molar-refractivity contribution in [3.05, 3.63) is 48.0 Å². The Balaban J connectivity index is 1.64. The molecule has 0 spiro atoms. The molecule has 10 heteroatoms. The minimum Gasteiger partial charge on any atom is -0.457 e. The number of allylic oxidation sites excluding steroid dienone is 4. The van der Waals surface area contributed by atoms with Crippen LogP contribution in [0.1, 0.15) is 50.6 Å². The van der Waals surface area contributed by atoms with Crippen LogP contribution in [0.25, 0.3) is 0 Å². The van der Waals surface area contributed by atoms with E-state index in [4.69, 9.17) is 9.15 Å². The number of esters is 1. The standard InChI is InChI=1S/C27H27F3O6S/c1-14-9-16-17-11-19(29)18-10-15(31)6-7-24(18,2)26(17,30)21(32)12-25(16,3)27(14,23(34)37-13-28)36-22(33)20-5-4-8-35-20/h4-8,10,14,16-17,19H,9,11-13H2,1-3H3. The highest BCUT2D eigenvalue weighted by molar-refractivity contribution is 8.13. The van der Waals surface area contributed by atoms with Crippen LogP contribution in [0.4, 0.5) is 13.2 Å². The molecular weight excluding hydrogens is 509 g/mol. The first kappa shape index (κ1) is 26.0. The highest BCUT2D eigenvalue weighted by Gasteiger charge is 2.78. The second-order valence-electron chi connectivity index (χ2n) is 11.0. The van der Waals surface area contributed by atoms with Crippen molar-refractivity contribution in [2.24, 2.45) is 28.6 Å². The van der Waals surface area contributed by atoms with Crippen LogP contribution in [0, 0.1) is 28.6 Å². The number of ether oxygens (including phenoxy) is 1. The Hall–Kier alpha value is -2.62. The van der Waals surface area contributed by atoms with E-state index >= 15 is 8.78 Å². The molecule has 3 saturated carbocycles. The van der Waals surface area contributed by atoms with Gasteiger partial charge >= 0.3 is 5.97 Å². The normalized spacial score (nSPS) is 42.5. The van der Waals surface area contributed by atoms with Gasteiger partial charge in [-0.3, -0.25) is 14.4 Å². The molecule has 8 unspecified atom stereocenters. The second kappa shape index (κ2) is 8.44. The number of thioether (sulfide) groups is 1. The molecule has 37 heavy (non-hydrogen) atoms. The Kier molecular flexibility index (Phi) is 5.93. The lowest BCUT2D eigenvalue weighted by Gasteiger charge is -2.60. The van der Waals surface area contributed by atoms with Crippen molar-refractivity contribution >= 4 is 34.4 Å². The number of furan rings is 1. The van der Waals surface area contributed by atoms with E-state index in [1.807, 2.05) is 0 Å². The Bertz CT molecular complexity index is 1240. The summed E-state index contributed by atoms with van der Waals surface area (Å²) in [6, 6.07) is 1.72. The molecule has 4 aliphatic rings. The minimum absolute atomic E-state index is 0.0682. The van der Waals surface area contributed by atoms with Gasteiger partial charge in [0, 0.05) is 23.7 Å². The number of Topliss-reactive ketones (excluding diaryl/α,β-unsaturated/α-hetero) is 1.